The van der Waals surface area contributed by atoms with Crippen molar-refractivity contribution in [3.63, 3.8) is 0 Å². The smallest absolute Gasteiger partial charge is 0.238 e. The SMILES string of the molecule is COc1ccccc1Oc1ccc(S(N)(=O)=O)cc1Cl. The zero-order chi connectivity index (χ0) is 14.8. The summed E-state index contributed by atoms with van der Waals surface area (Å²) in [6, 6.07) is 11.0. The number of halogens is 1. The summed E-state index contributed by atoms with van der Waals surface area (Å²) in [6.45, 7) is 0. The first-order valence-electron chi connectivity index (χ1n) is 5.55. The third-order valence-electron chi connectivity index (χ3n) is 2.52. The van der Waals surface area contributed by atoms with Crippen LogP contribution in [-0.4, -0.2) is 15.5 Å². The van der Waals surface area contributed by atoms with E-state index in [0.717, 1.165) is 0 Å². The molecule has 0 spiro atoms. The van der Waals surface area contributed by atoms with Crippen molar-refractivity contribution in [2.24, 2.45) is 5.14 Å². The Bertz CT molecular complexity index is 731. The number of methoxy groups -OCH3 is 1. The molecule has 0 aliphatic rings. The van der Waals surface area contributed by atoms with Crippen LogP contribution in [0.4, 0.5) is 0 Å². The number of sulfonamides is 1. The van der Waals surface area contributed by atoms with Crippen LogP contribution in [0.5, 0.6) is 17.2 Å². The predicted molar refractivity (Wildman–Crippen MR) is 75.9 cm³/mol. The van der Waals surface area contributed by atoms with Crippen LogP contribution in [0.2, 0.25) is 5.02 Å². The number of hydrogen-bond donors (Lipinski definition) is 1. The summed E-state index contributed by atoms with van der Waals surface area (Å²) in [7, 11) is -2.27. The Morgan fingerprint density at radius 2 is 1.70 bits per heavy atom. The Morgan fingerprint density at radius 3 is 2.25 bits per heavy atom. The molecule has 0 amide bonds. The molecule has 0 saturated carbocycles. The molecule has 20 heavy (non-hydrogen) atoms. The second kappa shape index (κ2) is 5.70. The number of benzene rings is 2. The van der Waals surface area contributed by atoms with Gasteiger partial charge < -0.3 is 9.47 Å². The maximum absolute atomic E-state index is 11.2. The lowest BCUT2D eigenvalue weighted by atomic mass is 10.3. The molecule has 0 unspecified atom stereocenters. The van der Waals surface area contributed by atoms with E-state index in [4.69, 9.17) is 26.2 Å². The average molecular weight is 314 g/mol. The van der Waals surface area contributed by atoms with E-state index in [9.17, 15) is 8.42 Å². The highest BCUT2D eigenvalue weighted by molar-refractivity contribution is 7.89. The van der Waals surface area contributed by atoms with Crippen molar-refractivity contribution < 1.29 is 17.9 Å². The molecular weight excluding hydrogens is 302 g/mol. The van der Waals surface area contributed by atoms with E-state index in [-0.39, 0.29) is 9.92 Å². The summed E-state index contributed by atoms with van der Waals surface area (Å²) in [4.78, 5) is -0.0742. The Balaban J connectivity index is 2.35. The van der Waals surface area contributed by atoms with Gasteiger partial charge in [-0.1, -0.05) is 23.7 Å². The molecule has 2 N–H and O–H groups in total. The van der Waals surface area contributed by atoms with Crippen LogP contribution in [-0.2, 0) is 10.0 Å². The molecule has 106 valence electrons. The predicted octanol–water partition coefficient (Wildman–Crippen LogP) is 2.79. The Morgan fingerprint density at radius 1 is 1.05 bits per heavy atom. The number of nitrogens with two attached hydrogens (primary N) is 1. The molecule has 7 heteroatoms. The number of ether oxygens (including phenoxy) is 2. The van der Waals surface area contributed by atoms with Crippen LogP contribution in [0.25, 0.3) is 0 Å². The summed E-state index contributed by atoms with van der Waals surface area (Å²) >= 11 is 6.00. The molecular formula is C13H12ClNO4S. The molecule has 5 nitrogen and oxygen atoms in total. The Hall–Kier alpha value is -1.76. The monoisotopic (exact) mass is 313 g/mol. The second-order valence-corrected chi connectivity index (χ2v) is 5.86. The lowest BCUT2D eigenvalue weighted by Crippen LogP contribution is -2.11. The number of primary sulfonamides is 1. The lowest BCUT2D eigenvalue weighted by molar-refractivity contribution is 0.379. The highest BCUT2D eigenvalue weighted by atomic mass is 35.5. The summed E-state index contributed by atoms with van der Waals surface area (Å²) in [5.41, 5.74) is 0. The quantitative estimate of drug-likeness (QED) is 0.941. The van der Waals surface area contributed by atoms with Crippen LogP contribution >= 0.6 is 11.6 Å². The van der Waals surface area contributed by atoms with Crippen LogP contribution in [0, 0.1) is 0 Å². The van der Waals surface area contributed by atoms with Gasteiger partial charge in [-0.15, -0.1) is 0 Å². The maximum Gasteiger partial charge on any atom is 0.238 e. The van der Waals surface area contributed by atoms with Gasteiger partial charge in [0, 0.05) is 0 Å². The highest BCUT2D eigenvalue weighted by Gasteiger charge is 2.13. The van der Waals surface area contributed by atoms with E-state index < -0.39 is 10.0 Å². The lowest BCUT2D eigenvalue weighted by Gasteiger charge is -2.11. The molecule has 0 aromatic heterocycles. The zero-order valence-corrected chi connectivity index (χ0v) is 12.1. The van der Waals surface area contributed by atoms with Crippen molar-refractivity contribution in [1.82, 2.24) is 0 Å². The third kappa shape index (κ3) is 3.22. The third-order valence-corrected chi connectivity index (χ3v) is 3.73. The molecule has 2 aromatic carbocycles. The van der Waals surface area contributed by atoms with E-state index in [1.165, 1.54) is 25.3 Å². The summed E-state index contributed by atoms with van der Waals surface area (Å²) in [6.07, 6.45) is 0. The summed E-state index contributed by atoms with van der Waals surface area (Å²) in [5.74, 6) is 1.32. The Kier molecular flexibility index (Phi) is 4.17. The first kappa shape index (κ1) is 14.6. The van der Waals surface area contributed by atoms with Crippen molar-refractivity contribution in [3.05, 3.63) is 47.5 Å². The van der Waals surface area contributed by atoms with Crippen molar-refractivity contribution in [2.75, 3.05) is 7.11 Å². The van der Waals surface area contributed by atoms with Crippen molar-refractivity contribution in [3.8, 4) is 17.2 Å². The van der Waals surface area contributed by atoms with Gasteiger partial charge >= 0.3 is 0 Å². The van der Waals surface area contributed by atoms with Gasteiger partial charge in [0.05, 0.1) is 17.0 Å². The molecule has 2 aromatic rings. The van der Waals surface area contributed by atoms with Gasteiger partial charge in [-0.25, -0.2) is 13.6 Å². The van der Waals surface area contributed by atoms with E-state index in [0.29, 0.717) is 17.2 Å². The number of para-hydroxylation sites is 2. The van der Waals surface area contributed by atoms with Gasteiger partial charge in [-0.2, -0.15) is 0 Å². The van der Waals surface area contributed by atoms with E-state index in [2.05, 4.69) is 0 Å². The molecule has 0 aliphatic heterocycles. The van der Waals surface area contributed by atoms with E-state index >= 15 is 0 Å². The van der Waals surface area contributed by atoms with E-state index in [1.54, 1.807) is 24.3 Å². The van der Waals surface area contributed by atoms with Crippen molar-refractivity contribution in [2.45, 2.75) is 4.90 Å². The van der Waals surface area contributed by atoms with E-state index in [1.807, 2.05) is 0 Å². The minimum Gasteiger partial charge on any atom is -0.493 e. The number of rotatable bonds is 4. The fraction of sp³-hybridized carbons (Fsp3) is 0.0769. The Labute approximate surface area is 121 Å². The topological polar surface area (TPSA) is 78.6 Å². The molecule has 0 fully saturated rings. The van der Waals surface area contributed by atoms with Crippen LogP contribution < -0.4 is 14.6 Å². The maximum atomic E-state index is 11.2. The summed E-state index contributed by atoms with van der Waals surface area (Å²) < 4.78 is 33.2. The van der Waals surface area contributed by atoms with Crippen LogP contribution in [0.1, 0.15) is 0 Å². The molecule has 0 saturated heterocycles. The molecule has 0 heterocycles. The van der Waals surface area contributed by atoms with Gasteiger partial charge in [-0.3, -0.25) is 0 Å². The van der Waals surface area contributed by atoms with Crippen molar-refractivity contribution in [1.29, 1.82) is 0 Å². The van der Waals surface area contributed by atoms with Gasteiger partial charge in [0.15, 0.2) is 11.5 Å². The van der Waals surface area contributed by atoms with Crippen molar-refractivity contribution >= 4 is 21.6 Å². The minimum absolute atomic E-state index is 0.0742. The minimum atomic E-state index is -3.79. The normalized spacial score (nSPS) is 11.2. The van der Waals surface area contributed by atoms with Crippen LogP contribution in [0.15, 0.2) is 47.4 Å². The molecule has 0 bridgehead atoms. The fourth-order valence-corrected chi connectivity index (χ4v) is 2.39. The molecule has 0 radical (unpaired) electrons. The number of hydrogen-bond acceptors (Lipinski definition) is 4. The van der Waals surface area contributed by atoms with Gasteiger partial charge in [0.25, 0.3) is 0 Å². The van der Waals surface area contributed by atoms with Crippen LogP contribution in [0.3, 0.4) is 0 Å². The molecule has 0 aliphatic carbocycles. The van der Waals surface area contributed by atoms with Gasteiger partial charge in [0.1, 0.15) is 5.75 Å². The summed E-state index contributed by atoms with van der Waals surface area (Å²) in [5, 5.41) is 5.17. The standard InChI is InChI=1S/C13H12ClNO4S/c1-18-12-4-2-3-5-13(12)19-11-7-6-9(8-10(11)14)20(15,16)17/h2-8H,1H3,(H2,15,16,17). The first-order valence-corrected chi connectivity index (χ1v) is 7.47. The fourth-order valence-electron chi connectivity index (χ4n) is 1.56. The molecule has 2 rings (SSSR count). The first-order chi connectivity index (χ1) is 9.41. The average Bonchev–Trinajstić information content (AvgIpc) is 2.40. The molecule has 0 atom stereocenters. The highest BCUT2D eigenvalue weighted by Crippen LogP contribution is 2.35. The van der Waals surface area contributed by atoms with Gasteiger partial charge in [0.2, 0.25) is 10.0 Å². The zero-order valence-electron chi connectivity index (χ0n) is 10.5. The van der Waals surface area contributed by atoms with Gasteiger partial charge in [-0.05, 0) is 30.3 Å². The largest absolute Gasteiger partial charge is 0.493 e. The second-order valence-electron chi connectivity index (χ2n) is 3.89.